The Labute approximate surface area is 213 Å². The molecular formula is C28H50N2O5. The number of ether oxygens (including phenoxy) is 1. The second kappa shape index (κ2) is 16.0. The normalized spacial score (nSPS) is 16.1. The van der Waals surface area contributed by atoms with E-state index in [-0.39, 0.29) is 35.7 Å². The molecule has 1 aliphatic rings. The Kier molecular flexibility index (Phi) is 14.2. The first-order valence-corrected chi connectivity index (χ1v) is 13.7. The van der Waals surface area contributed by atoms with Crippen molar-refractivity contribution in [1.29, 1.82) is 0 Å². The van der Waals surface area contributed by atoms with Crippen molar-refractivity contribution in [2.24, 2.45) is 10.8 Å². The zero-order valence-electron chi connectivity index (χ0n) is 22.8. The number of allylic oxidation sites excluding steroid dienone is 1. The molecule has 202 valence electrons. The average molecular weight is 495 g/mol. The Hall–Kier alpha value is -1.89. The highest BCUT2D eigenvalue weighted by molar-refractivity contribution is 6.01. The Morgan fingerprint density at radius 2 is 1.57 bits per heavy atom. The number of carbonyl (C=O) groups excluding carboxylic acids is 2. The lowest BCUT2D eigenvalue weighted by molar-refractivity contribution is -0.139. The van der Waals surface area contributed by atoms with Crippen LogP contribution in [0.1, 0.15) is 105 Å². The molecule has 1 N–H and O–H groups in total. The zero-order chi connectivity index (χ0) is 26.3. The number of rotatable bonds is 21. The fraction of sp³-hybridized carbons (Fsp3) is 0.821. The molecule has 0 saturated carbocycles. The summed E-state index contributed by atoms with van der Waals surface area (Å²) in [6, 6.07) is -0.139. The maximum atomic E-state index is 12.3. The van der Waals surface area contributed by atoms with Crippen LogP contribution in [0.4, 0.5) is 4.79 Å². The van der Waals surface area contributed by atoms with Gasteiger partial charge in [-0.3, -0.25) is 14.5 Å². The van der Waals surface area contributed by atoms with Crippen molar-refractivity contribution < 1.29 is 24.2 Å². The van der Waals surface area contributed by atoms with E-state index in [0.717, 1.165) is 77.2 Å². The van der Waals surface area contributed by atoms with Crippen molar-refractivity contribution >= 4 is 17.9 Å². The standard InChI is InChI=1S/C28H50N2O5/c1-6-27(7-2,18-15-19-30-24(31)23-29(10-5)26(30)34)16-11-13-20-35-21-14-12-17-28(8-3,9-4)22-25(32)33/h8H,3,6-7,9-23H2,1-2,4-5H3,(H,32,33). The maximum Gasteiger partial charge on any atom is 0.327 e. The van der Waals surface area contributed by atoms with Gasteiger partial charge in [0.2, 0.25) is 5.91 Å². The second-order valence-electron chi connectivity index (χ2n) is 10.2. The smallest absolute Gasteiger partial charge is 0.327 e. The summed E-state index contributed by atoms with van der Waals surface area (Å²) in [5.74, 6) is -0.834. The molecule has 1 aliphatic heterocycles. The lowest BCUT2D eigenvalue weighted by Gasteiger charge is -2.32. The number of amides is 3. The SMILES string of the molecule is C=CC(CC)(CCCCOCCCCC(CC)(CC)CCCN1C(=O)CN(CC)C1=O)CC(=O)O. The van der Waals surface area contributed by atoms with Crippen molar-refractivity contribution in [2.45, 2.75) is 105 Å². The first-order valence-electron chi connectivity index (χ1n) is 13.7. The van der Waals surface area contributed by atoms with E-state index in [1.54, 1.807) is 4.90 Å². The molecule has 1 atom stereocenters. The van der Waals surface area contributed by atoms with Crippen LogP contribution < -0.4 is 0 Å². The van der Waals surface area contributed by atoms with Crippen LogP contribution in [-0.4, -0.2) is 65.7 Å². The number of carboxylic acid groups (broad SMARTS) is 1. The van der Waals surface area contributed by atoms with Gasteiger partial charge in [0, 0.05) is 26.3 Å². The van der Waals surface area contributed by atoms with Gasteiger partial charge < -0.3 is 14.7 Å². The lowest BCUT2D eigenvalue weighted by atomic mass is 9.74. The topological polar surface area (TPSA) is 87.2 Å². The molecule has 3 amide bonds. The predicted octanol–water partition coefficient (Wildman–Crippen LogP) is 6.27. The summed E-state index contributed by atoms with van der Waals surface area (Å²) in [6.45, 7) is 15.1. The molecule has 0 radical (unpaired) electrons. The number of hydrogen-bond donors (Lipinski definition) is 1. The fourth-order valence-corrected chi connectivity index (χ4v) is 5.25. The van der Waals surface area contributed by atoms with Crippen LogP contribution in [-0.2, 0) is 14.3 Å². The molecule has 0 spiro atoms. The lowest BCUT2D eigenvalue weighted by Crippen LogP contribution is -2.34. The summed E-state index contributed by atoms with van der Waals surface area (Å²) in [5.41, 5.74) is -0.0468. The third-order valence-electron chi connectivity index (χ3n) is 8.20. The molecular weight excluding hydrogens is 444 g/mol. The minimum absolute atomic E-state index is 0.0700. The van der Waals surface area contributed by atoms with Crippen molar-refractivity contribution in [3.05, 3.63) is 12.7 Å². The van der Waals surface area contributed by atoms with E-state index < -0.39 is 5.97 Å². The van der Waals surface area contributed by atoms with Gasteiger partial charge in [-0.2, -0.15) is 0 Å². The number of likely N-dealkylation sites (N-methyl/N-ethyl adjacent to an activating group) is 1. The Morgan fingerprint density at radius 3 is 2.06 bits per heavy atom. The van der Waals surface area contributed by atoms with E-state index in [9.17, 15) is 14.4 Å². The predicted molar refractivity (Wildman–Crippen MR) is 140 cm³/mol. The molecule has 1 fully saturated rings. The van der Waals surface area contributed by atoms with E-state index in [1.807, 2.05) is 19.9 Å². The molecule has 0 aromatic carbocycles. The Morgan fingerprint density at radius 1 is 0.971 bits per heavy atom. The number of urea groups is 1. The fourth-order valence-electron chi connectivity index (χ4n) is 5.25. The molecule has 1 saturated heterocycles. The molecule has 1 rings (SSSR count). The molecule has 1 heterocycles. The van der Waals surface area contributed by atoms with Crippen molar-refractivity contribution in [1.82, 2.24) is 9.80 Å². The minimum Gasteiger partial charge on any atom is -0.481 e. The maximum absolute atomic E-state index is 12.3. The number of carbonyl (C=O) groups is 3. The van der Waals surface area contributed by atoms with E-state index in [0.29, 0.717) is 19.7 Å². The Bertz CT molecular complexity index is 676. The van der Waals surface area contributed by atoms with Gasteiger partial charge in [0.15, 0.2) is 0 Å². The first kappa shape index (κ1) is 31.1. The van der Waals surface area contributed by atoms with Crippen LogP contribution in [0.25, 0.3) is 0 Å². The second-order valence-corrected chi connectivity index (χ2v) is 10.2. The highest BCUT2D eigenvalue weighted by atomic mass is 16.5. The Balaban J connectivity index is 2.26. The molecule has 0 aliphatic carbocycles. The van der Waals surface area contributed by atoms with Gasteiger partial charge in [-0.15, -0.1) is 6.58 Å². The minimum atomic E-state index is -0.764. The van der Waals surface area contributed by atoms with Crippen LogP contribution in [0.2, 0.25) is 0 Å². The van der Waals surface area contributed by atoms with E-state index in [1.165, 1.54) is 4.90 Å². The third kappa shape index (κ3) is 9.94. The molecule has 35 heavy (non-hydrogen) atoms. The number of imide groups is 1. The van der Waals surface area contributed by atoms with Crippen LogP contribution >= 0.6 is 0 Å². The molecule has 1 unspecified atom stereocenters. The first-order chi connectivity index (χ1) is 16.7. The zero-order valence-corrected chi connectivity index (χ0v) is 22.8. The number of aliphatic carboxylic acids is 1. The van der Waals surface area contributed by atoms with Crippen molar-refractivity contribution in [3.63, 3.8) is 0 Å². The number of carboxylic acids is 1. The molecule has 0 aromatic heterocycles. The average Bonchev–Trinajstić information content (AvgIpc) is 3.13. The molecule has 0 bridgehead atoms. The largest absolute Gasteiger partial charge is 0.481 e. The van der Waals surface area contributed by atoms with Crippen LogP contribution in [0.3, 0.4) is 0 Å². The molecule has 7 heteroatoms. The van der Waals surface area contributed by atoms with E-state index in [2.05, 4.69) is 20.4 Å². The summed E-state index contributed by atoms with van der Waals surface area (Å²) >= 11 is 0. The molecule has 0 aromatic rings. The van der Waals surface area contributed by atoms with Gasteiger partial charge in [0.1, 0.15) is 6.54 Å². The van der Waals surface area contributed by atoms with Gasteiger partial charge in [-0.05, 0) is 62.7 Å². The third-order valence-corrected chi connectivity index (χ3v) is 8.20. The number of hydrogen-bond acceptors (Lipinski definition) is 4. The molecule has 7 nitrogen and oxygen atoms in total. The van der Waals surface area contributed by atoms with E-state index in [4.69, 9.17) is 9.84 Å². The summed E-state index contributed by atoms with van der Waals surface area (Å²) in [7, 11) is 0. The summed E-state index contributed by atoms with van der Waals surface area (Å²) in [6.07, 6.45) is 12.8. The summed E-state index contributed by atoms with van der Waals surface area (Å²) in [4.78, 5) is 38.6. The van der Waals surface area contributed by atoms with Gasteiger partial charge in [-0.1, -0.05) is 52.5 Å². The van der Waals surface area contributed by atoms with Gasteiger partial charge in [0.25, 0.3) is 0 Å². The van der Waals surface area contributed by atoms with Crippen LogP contribution in [0.15, 0.2) is 12.7 Å². The monoisotopic (exact) mass is 494 g/mol. The van der Waals surface area contributed by atoms with Gasteiger partial charge >= 0.3 is 12.0 Å². The van der Waals surface area contributed by atoms with Crippen LogP contribution in [0.5, 0.6) is 0 Å². The highest BCUT2D eigenvalue weighted by Crippen LogP contribution is 2.38. The van der Waals surface area contributed by atoms with Gasteiger partial charge in [0.05, 0.1) is 6.42 Å². The number of nitrogens with zero attached hydrogens (tertiary/aromatic N) is 2. The van der Waals surface area contributed by atoms with Crippen molar-refractivity contribution in [3.8, 4) is 0 Å². The van der Waals surface area contributed by atoms with E-state index >= 15 is 0 Å². The van der Waals surface area contributed by atoms with Gasteiger partial charge in [-0.25, -0.2) is 4.79 Å². The van der Waals surface area contributed by atoms with Crippen LogP contribution in [0, 0.1) is 10.8 Å². The quantitative estimate of drug-likeness (QED) is 0.115. The number of unbranched alkanes of at least 4 members (excludes halogenated alkanes) is 2. The van der Waals surface area contributed by atoms with Crippen molar-refractivity contribution in [2.75, 3.05) is 32.8 Å². The summed E-state index contributed by atoms with van der Waals surface area (Å²) in [5, 5.41) is 9.16. The highest BCUT2D eigenvalue weighted by Gasteiger charge is 2.35. The summed E-state index contributed by atoms with van der Waals surface area (Å²) < 4.78 is 5.84.